The van der Waals surface area contributed by atoms with E-state index >= 15 is 0 Å². The molecule has 1 aliphatic rings. The number of amides is 2. The highest BCUT2D eigenvalue weighted by Gasteiger charge is 2.36. The van der Waals surface area contributed by atoms with Crippen molar-refractivity contribution in [2.24, 2.45) is 5.92 Å². The summed E-state index contributed by atoms with van der Waals surface area (Å²) in [7, 11) is 4.05. The molecule has 1 saturated carbocycles. The van der Waals surface area contributed by atoms with E-state index in [2.05, 4.69) is 15.5 Å². The summed E-state index contributed by atoms with van der Waals surface area (Å²) < 4.78 is 0. The van der Waals surface area contributed by atoms with Crippen molar-refractivity contribution in [3.8, 4) is 0 Å². The number of carboxylic acids is 1. The number of carbonyl (C=O) groups is 2. The molecule has 1 aliphatic carbocycles. The summed E-state index contributed by atoms with van der Waals surface area (Å²) >= 11 is 0. The van der Waals surface area contributed by atoms with Crippen LogP contribution in [0.25, 0.3) is 0 Å². The molecular weight excluding hydrogens is 258 g/mol. The van der Waals surface area contributed by atoms with Crippen LogP contribution in [-0.4, -0.2) is 54.2 Å². The first-order chi connectivity index (χ1) is 9.28. The number of nitrogens with one attached hydrogen (secondary N) is 2. The molecule has 20 heavy (non-hydrogen) atoms. The van der Waals surface area contributed by atoms with Crippen LogP contribution in [0.3, 0.4) is 0 Å². The quantitative estimate of drug-likeness (QED) is 0.686. The number of aliphatic carboxylic acids is 1. The minimum atomic E-state index is -1.00. The smallest absolute Gasteiger partial charge is 0.326 e. The minimum absolute atomic E-state index is 0.00783. The Bertz CT molecular complexity index is 350. The lowest BCUT2D eigenvalue weighted by molar-refractivity contribution is -0.140. The summed E-state index contributed by atoms with van der Waals surface area (Å²) in [4.78, 5) is 25.1. The highest BCUT2D eigenvalue weighted by atomic mass is 16.4. The molecule has 0 radical (unpaired) electrons. The first kappa shape index (κ1) is 16.8. The number of rotatable bonds is 6. The van der Waals surface area contributed by atoms with E-state index in [0.29, 0.717) is 6.54 Å². The van der Waals surface area contributed by atoms with Crippen molar-refractivity contribution in [1.29, 1.82) is 0 Å². The van der Waals surface area contributed by atoms with E-state index in [-0.39, 0.29) is 11.5 Å². The van der Waals surface area contributed by atoms with Gasteiger partial charge in [0.25, 0.3) is 0 Å². The van der Waals surface area contributed by atoms with Gasteiger partial charge in [0.15, 0.2) is 0 Å². The zero-order chi connectivity index (χ0) is 15.3. The largest absolute Gasteiger partial charge is 0.480 e. The standard InChI is InChI=1S/C14H27N3O3/c1-10(2)11(12(18)19)16-13(20)15-9-14(17(3)4)7-5-6-8-14/h10-11H,5-9H2,1-4H3,(H,18,19)(H2,15,16,20)/t11-/m1/s1. The maximum absolute atomic E-state index is 11.9. The summed E-state index contributed by atoms with van der Waals surface area (Å²) in [5.41, 5.74) is 0.00783. The van der Waals surface area contributed by atoms with Crippen LogP contribution in [0, 0.1) is 5.92 Å². The van der Waals surface area contributed by atoms with E-state index in [0.717, 1.165) is 12.8 Å². The van der Waals surface area contributed by atoms with Gasteiger partial charge in [-0.1, -0.05) is 26.7 Å². The van der Waals surface area contributed by atoms with Crippen LogP contribution in [-0.2, 0) is 4.79 Å². The van der Waals surface area contributed by atoms with Gasteiger partial charge in [0.1, 0.15) is 6.04 Å². The topological polar surface area (TPSA) is 81.7 Å². The Balaban J connectivity index is 2.52. The van der Waals surface area contributed by atoms with Crippen molar-refractivity contribution < 1.29 is 14.7 Å². The number of likely N-dealkylation sites (N-methyl/N-ethyl adjacent to an activating group) is 1. The van der Waals surface area contributed by atoms with Gasteiger partial charge in [-0.3, -0.25) is 0 Å². The van der Waals surface area contributed by atoms with Crippen LogP contribution in [0.1, 0.15) is 39.5 Å². The molecule has 0 saturated heterocycles. The summed E-state index contributed by atoms with van der Waals surface area (Å²) in [5.74, 6) is -1.15. The number of carboxylic acid groups (broad SMARTS) is 1. The second kappa shape index (κ2) is 6.92. The van der Waals surface area contributed by atoms with Gasteiger partial charge >= 0.3 is 12.0 Å². The van der Waals surface area contributed by atoms with Gasteiger partial charge in [-0.15, -0.1) is 0 Å². The summed E-state index contributed by atoms with van der Waals surface area (Å²) in [6.07, 6.45) is 4.47. The van der Waals surface area contributed by atoms with E-state index < -0.39 is 18.0 Å². The fraction of sp³-hybridized carbons (Fsp3) is 0.857. The predicted molar refractivity (Wildman–Crippen MR) is 77.7 cm³/mol. The van der Waals surface area contributed by atoms with Crippen molar-refractivity contribution in [1.82, 2.24) is 15.5 Å². The zero-order valence-electron chi connectivity index (χ0n) is 12.9. The van der Waals surface area contributed by atoms with Crippen LogP contribution in [0.4, 0.5) is 4.79 Å². The third kappa shape index (κ3) is 4.10. The first-order valence-electron chi connectivity index (χ1n) is 7.23. The van der Waals surface area contributed by atoms with Crippen LogP contribution in [0.2, 0.25) is 0 Å². The Morgan fingerprint density at radius 1 is 1.25 bits per heavy atom. The normalized spacial score (nSPS) is 19.1. The average molecular weight is 285 g/mol. The molecule has 0 aromatic rings. The monoisotopic (exact) mass is 285 g/mol. The molecule has 2 amide bonds. The molecule has 0 bridgehead atoms. The summed E-state index contributed by atoms with van der Waals surface area (Å²) in [6, 6.07) is -1.26. The third-order valence-electron chi connectivity index (χ3n) is 4.28. The maximum atomic E-state index is 11.9. The molecule has 1 fully saturated rings. The lowest BCUT2D eigenvalue weighted by Gasteiger charge is -2.36. The molecule has 6 nitrogen and oxygen atoms in total. The Morgan fingerprint density at radius 2 is 1.80 bits per heavy atom. The van der Waals surface area contributed by atoms with Gasteiger partial charge in [-0.25, -0.2) is 9.59 Å². The molecule has 0 spiro atoms. The Morgan fingerprint density at radius 3 is 2.20 bits per heavy atom. The molecule has 3 N–H and O–H groups in total. The lowest BCUT2D eigenvalue weighted by atomic mass is 9.96. The van der Waals surface area contributed by atoms with E-state index in [9.17, 15) is 9.59 Å². The zero-order valence-corrected chi connectivity index (χ0v) is 12.9. The number of hydrogen-bond donors (Lipinski definition) is 3. The molecule has 0 heterocycles. The Hall–Kier alpha value is -1.30. The van der Waals surface area contributed by atoms with Crippen LogP contribution >= 0.6 is 0 Å². The second-order valence-corrected chi connectivity index (χ2v) is 6.21. The molecule has 1 rings (SSSR count). The molecule has 0 aromatic carbocycles. The van der Waals surface area contributed by atoms with E-state index in [4.69, 9.17) is 5.11 Å². The lowest BCUT2D eigenvalue weighted by Crippen LogP contribution is -2.55. The van der Waals surface area contributed by atoms with Gasteiger partial charge in [-0.05, 0) is 32.9 Å². The molecule has 0 unspecified atom stereocenters. The minimum Gasteiger partial charge on any atom is -0.480 e. The van der Waals surface area contributed by atoms with Crippen LogP contribution < -0.4 is 10.6 Å². The molecule has 6 heteroatoms. The Labute approximate surface area is 120 Å². The summed E-state index contributed by atoms with van der Waals surface area (Å²) in [5, 5.41) is 14.4. The van der Waals surface area contributed by atoms with Gasteiger partial charge in [0.05, 0.1) is 0 Å². The maximum Gasteiger partial charge on any atom is 0.326 e. The molecule has 0 aliphatic heterocycles. The van der Waals surface area contributed by atoms with Crippen molar-refractivity contribution in [3.63, 3.8) is 0 Å². The molecule has 0 aromatic heterocycles. The van der Waals surface area contributed by atoms with Crippen LogP contribution in [0.5, 0.6) is 0 Å². The summed E-state index contributed by atoms with van der Waals surface area (Å²) in [6.45, 7) is 4.10. The second-order valence-electron chi connectivity index (χ2n) is 6.21. The molecular formula is C14H27N3O3. The highest BCUT2D eigenvalue weighted by molar-refractivity contribution is 5.82. The highest BCUT2D eigenvalue weighted by Crippen LogP contribution is 2.32. The number of hydrogen-bond acceptors (Lipinski definition) is 3. The molecule has 116 valence electrons. The number of nitrogens with zero attached hydrogens (tertiary/aromatic N) is 1. The average Bonchev–Trinajstić information content (AvgIpc) is 2.82. The Kier molecular flexibility index (Phi) is 5.80. The van der Waals surface area contributed by atoms with E-state index in [1.807, 2.05) is 14.1 Å². The fourth-order valence-corrected chi connectivity index (χ4v) is 2.77. The van der Waals surface area contributed by atoms with Crippen molar-refractivity contribution in [3.05, 3.63) is 0 Å². The number of urea groups is 1. The first-order valence-corrected chi connectivity index (χ1v) is 7.23. The van der Waals surface area contributed by atoms with E-state index in [1.165, 1.54) is 12.8 Å². The van der Waals surface area contributed by atoms with Crippen molar-refractivity contribution in [2.45, 2.75) is 51.1 Å². The fourth-order valence-electron chi connectivity index (χ4n) is 2.77. The van der Waals surface area contributed by atoms with E-state index in [1.54, 1.807) is 13.8 Å². The predicted octanol–water partition coefficient (Wildman–Crippen LogP) is 1.27. The van der Waals surface area contributed by atoms with Crippen LogP contribution in [0.15, 0.2) is 0 Å². The van der Waals surface area contributed by atoms with Gasteiger partial charge in [0, 0.05) is 12.1 Å². The van der Waals surface area contributed by atoms with Crippen molar-refractivity contribution in [2.75, 3.05) is 20.6 Å². The van der Waals surface area contributed by atoms with Gasteiger partial charge in [0.2, 0.25) is 0 Å². The van der Waals surface area contributed by atoms with Gasteiger partial charge < -0.3 is 20.6 Å². The number of carbonyl (C=O) groups excluding carboxylic acids is 1. The van der Waals surface area contributed by atoms with Crippen molar-refractivity contribution >= 4 is 12.0 Å². The third-order valence-corrected chi connectivity index (χ3v) is 4.28. The molecule has 1 atom stereocenters. The van der Waals surface area contributed by atoms with Gasteiger partial charge in [-0.2, -0.15) is 0 Å². The SMILES string of the molecule is CC(C)[C@@H](NC(=O)NCC1(N(C)C)CCCC1)C(=O)O.